The lowest BCUT2D eigenvalue weighted by molar-refractivity contribution is 0.0761. The summed E-state index contributed by atoms with van der Waals surface area (Å²) in [6.07, 6.45) is 4.59. The van der Waals surface area contributed by atoms with Crippen LogP contribution >= 0.6 is 0 Å². The van der Waals surface area contributed by atoms with Gasteiger partial charge in [-0.3, -0.25) is 4.79 Å². The van der Waals surface area contributed by atoms with Crippen LogP contribution in [0.25, 0.3) is 0 Å². The van der Waals surface area contributed by atoms with E-state index in [1.807, 2.05) is 41.3 Å². The van der Waals surface area contributed by atoms with Crippen molar-refractivity contribution in [3.8, 4) is 11.5 Å². The zero-order chi connectivity index (χ0) is 19.9. The summed E-state index contributed by atoms with van der Waals surface area (Å²) in [6.45, 7) is 6.37. The number of rotatable bonds is 6. The molecular weight excluding hydrogens is 350 g/mol. The molecule has 0 N–H and O–H groups in total. The van der Waals surface area contributed by atoms with Crippen molar-refractivity contribution in [3.63, 3.8) is 0 Å². The third kappa shape index (κ3) is 4.86. The normalized spacial score (nSPS) is 14.6. The van der Waals surface area contributed by atoms with E-state index in [9.17, 15) is 4.79 Å². The van der Waals surface area contributed by atoms with Crippen LogP contribution < -0.4 is 9.47 Å². The minimum atomic E-state index is 0.105. The number of benzene rings is 2. The van der Waals surface area contributed by atoms with Crippen LogP contribution in [0.15, 0.2) is 42.5 Å². The summed E-state index contributed by atoms with van der Waals surface area (Å²) in [7, 11) is 1.65. The van der Waals surface area contributed by atoms with Gasteiger partial charge in [0.2, 0.25) is 0 Å². The van der Waals surface area contributed by atoms with Gasteiger partial charge in [-0.25, -0.2) is 0 Å². The maximum Gasteiger partial charge on any atom is 0.253 e. The molecule has 4 heteroatoms. The number of hydrogen-bond acceptors (Lipinski definition) is 3. The van der Waals surface area contributed by atoms with E-state index in [0.29, 0.717) is 18.1 Å². The van der Waals surface area contributed by atoms with Gasteiger partial charge in [0.1, 0.15) is 18.1 Å². The number of hydrogen-bond donors (Lipinski definition) is 0. The van der Waals surface area contributed by atoms with Gasteiger partial charge in [-0.05, 0) is 48.6 Å². The molecule has 1 amide bonds. The molecule has 1 heterocycles. The Morgan fingerprint density at radius 1 is 1.00 bits per heavy atom. The SMILES string of the molecule is COc1ccc(C(=O)N2CCCCCC2)cc1COc1ccccc1C(C)C. The van der Waals surface area contributed by atoms with E-state index in [4.69, 9.17) is 9.47 Å². The van der Waals surface area contributed by atoms with Crippen molar-refractivity contribution in [2.75, 3.05) is 20.2 Å². The predicted molar refractivity (Wildman–Crippen MR) is 112 cm³/mol. The molecule has 0 aliphatic carbocycles. The second-order valence-corrected chi connectivity index (χ2v) is 7.71. The highest BCUT2D eigenvalue weighted by atomic mass is 16.5. The molecule has 0 unspecified atom stereocenters. The van der Waals surface area contributed by atoms with Crippen LogP contribution in [0, 0.1) is 0 Å². The summed E-state index contributed by atoms with van der Waals surface area (Å²) in [5, 5.41) is 0. The molecule has 0 spiro atoms. The lowest BCUT2D eigenvalue weighted by Gasteiger charge is -2.21. The highest BCUT2D eigenvalue weighted by Crippen LogP contribution is 2.28. The first kappa shape index (κ1) is 20.2. The molecule has 2 aromatic rings. The largest absolute Gasteiger partial charge is 0.496 e. The molecular formula is C24H31NO3. The fraction of sp³-hybridized carbons (Fsp3) is 0.458. The van der Waals surface area contributed by atoms with E-state index in [1.54, 1.807) is 7.11 Å². The fourth-order valence-electron chi connectivity index (χ4n) is 3.73. The molecule has 0 atom stereocenters. The van der Waals surface area contributed by atoms with Gasteiger partial charge in [-0.1, -0.05) is 44.9 Å². The van der Waals surface area contributed by atoms with Gasteiger partial charge in [-0.15, -0.1) is 0 Å². The number of para-hydroxylation sites is 1. The Kier molecular flexibility index (Phi) is 6.96. The Hall–Kier alpha value is -2.49. The van der Waals surface area contributed by atoms with Crippen LogP contribution in [0.4, 0.5) is 0 Å². The van der Waals surface area contributed by atoms with Gasteiger partial charge in [0.05, 0.1) is 7.11 Å². The van der Waals surface area contributed by atoms with Gasteiger partial charge in [-0.2, -0.15) is 0 Å². The highest BCUT2D eigenvalue weighted by molar-refractivity contribution is 5.94. The maximum atomic E-state index is 13.0. The van der Waals surface area contributed by atoms with Crippen LogP contribution in [0.2, 0.25) is 0 Å². The van der Waals surface area contributed by atoms with Crippen molar-refractivity contribution in [3.05, 3.63) is 59.2 Å². The van der Waals surface area contributed by atoms with E-state index < -0.39 is 0 Å². The molecule has 0 radical (unpaired) electrons. The first-order valence-electron chi connectivity index (χ1n) is 10.3. The summed E-state index contributed by atoms with van der Waals surface area (Å²) in [4.78, 5) is 14.9. The Morgan fingerprint density at radius 3 is 2.39 bits per heavy atom. The molecule has 28 heavy (non-hydrogen) atoms. The molecule has 1 aliphatic rings. The number of likely N-dealkylation sites (tertiary alicyclic amines) is 1. The molecule has 2 aromatic carbocycles. The van der Waals surface area contributed by atoms with Crippen LogP contribution in [0.3, 0.4) is 0 Å². The van der Waals surface area contributed by atoms with Crippen molar-refractivity contribution < 1.29 is 14.3 Å². The second kappa shape index (κ2) is 9.63. The minimum Gasteiger partial charge on any atom is -0.496 e. The molecule has 1 fully saturated rings. The zero-order valence-electron chi connectivity index (χ0n) is 17.2. The van der Waals surface area contributed by atoms with Gasteiger partial charge in [0, 0.05) is 24.2 Å². The Bertz CT molecular complexity index is 792. The van der Waals surface area contributed by atoms with Crippen molar-refractivity contribution in [2.24, 2.45) is 0 Å². The number of amides is 1. The number of methoxy groups -OCH3 is 1. The summed E-state index contributed by atoms with van der Waals surface area (Å²) >= 11 is 0. The molecule has 3 rings (SSSR count). The van der Waals surface area contributed by atoms with E-state index in [-0.39, 0.29) is 5.91 Å². The van der Waals surface area contributed by atoms with Crippen LogP contribution in [-0.4, -0.2) is 31.0 Å². The molecule has 0 saturated carbocycles. The standard InChI is InChI=1S/C24H31NO3/c1-18(2)21-10-6-7-11-23(21)28-17-20-16-19(12-13-22(20)27-3)24(26)25-14-8-4-5-9-15-25/h6-7,10-13,16,18H,4-5,8-9,14-15,17H2,1-3H3. The van der Waals surface area contributed by atoms with E-state index in [0.717, 1.165) is 43.0 Å². The first-order valence-corrected chi connectivity index (χ1v) is 10.3. The lowest BCUT2D eigenvalue weighted by atomic mass is 10.0. The quantitative estimate of drug-likeness (QED) is 0.671. The first-order chi connectivity index (χ1) is 13.6. The average Bonchev–Trinajstić information content (AvgIpc) is 3.01. The highest BCUT2D eigenvalue weighted by Gasteiger charge is 2.19. The summed E-state index contributed by atoms with van der Waals surface area (Å²) in [6, 6.07) is 13.8. The zero-order valence-corrected chi connectivity index (χ0v) is 17.2. The molecule has 150 valence electrons. The third-order valence-corrected chi connectivity index (χ3v) is 5.34. The Balaban J connectivity index is 1.79. The van der Waals surface area contributed by atoms with Crippen LogP contribution in [0.5, 0.6) is 11.5 Å². The second-order valence-electron chi connectivity index (χ2n) is 7.71. The van der Waals surface area contributed by atoms with Gasteiger partial charge in [0.25, 0.3) is 5.91 Å². The molecule has 0 bridgehead atoms. The van der Waals surface area contributed by atoms with Crippen molar-refractivity contribution >= 4 is 5.91 Å². The van der Waals surface area contributed by atoms with Gasteiger partial charge >= 0.3 is 0 Å². The van der Waals surface area contributed by atoms with Gasteiger partial charge in [0.15, 0.2) is 0 Å². The molecule has 0 aromatic heterocycles. The molecule has 4 nitrogen and oxygen atoms in total. The topological polar surface area (TPSA) is 38.8 Å². The van der Waals surface area contributed by atoms with Gasteiger partial charge < -0.3 is 14.4 Å². The monoisotopic (exact) mass is 381 g/mol. The maximum absolute atomic E-state index is 13.0. The van der Waals surface area contributed by atoms with Crippen molar-refractivity contribution in [2.45, 2.75) is 52.1 Å². The molecule has 1 saturated heterocycles. The molecule has 1 aliphatic heterocycles. The number of ether oxygens (including phenoxy) is 2. The summed E-state index contributed by atoms with van der Waals surface area (Å²) < 4.78 is 11.6. The number of carbonyl (C=O) groups is 1. The smallest absolute Gasteiger partial charge is 0.253 e. The Morgan fingerprint density at radius 2 is 1.71 bits per heavy atom. The van der Waals surface area contributed by atoms with Crippen LogP contribution in [-0.2, 0) is 6.61 Å². The average molecular weight is 382 g/mol. The fourth-order valence-corrected chi connectivity index (χ4v) is 3.73. The number of carbonyl (C=O) groups excluding carboxylic acids is 1. The summed E-state index contributed by atoms with van der Waals surface area (Å²) in [5.41, 5.74) is 2.78. The van der Waals surface area contributed by atoms with Crippen molar-refractivity contribution in [1.29, 1.82) is 0 Å². The van der Waals surface area contributed by atoms with E-state index >= 15 is 0 Å². The van der Waals surface area contributed by atoms with E-state index in [2.05, 4.69) is 19.9 Å². The minimum absolute atomic E-state index is 0.105. The van der Waals surface area contributed by atoms with E-state index in [1.165, 1.54) is 18.4 Å². The predicted octanol–water partition coefficient (Wildman–Crippen LogP) is 5.41. The summed E-state index contributed by atoms with van der Waals surface area (Å²) in [5.74, 6) is 2.11. The number of nitrogens with zero attached hydrogens (tertiary/aromatic N) is 1. The van der Waals surface area contributed by atoms with Crippen LogP contribution in [0.1, 0.15) is 66.9 Å². The Labute approximate surface area is 168 Å². The van der Waals surface area contributed by atoms with Crippen molar-refractivity contribution in [1.82, 2.24) is 4.90 Å². The lowest BCUT2D eigenvalue weighted by Crippen LogP contribution is -2.31. The third-order valence-electron chi connectivity index (χ3n) is 5.34.